The summed E-state index contributed by atoms with van der Waals surface area (Å²) in [6.45, 7) is 7.21. The third-order valence-electron chi connectivity index (χ3n) is 9.65. The van der Waals surface area contributed by atoms with Crippen LogP contribution in [0.25, 0.3) is 32.6 Å². The molecule has 0 unspecified atom stereocenters. The Morgan fingerprint density at radius 3 is 2.69 bits per heavy atom. The number of hydrogen-bond acceptors (Lipinski definition) is 8. The molecular weight excluding hydrogens is 675 g/mol. The molecule has 0 saturated heterocycles. The molecule has 0 saturated carbocycles. The summed E-state index contributed by atoms with van der Waals surface area (Å²) in [4.78, 5) is 35.2. The lowest BCUT2D eigenvalue weighted by molar-refractivity contribution is -0.131. The molecule has 0 radical (unpaired) electrons. The van der Waals surface area contributed by atoms with Crippen LogP contribution in [-0.2, 0) is 27.4 Å². The Morgan fingerprint density at radius 2 is 1.92 bits per heavy atom. The second kappa shape index (κ2) is 14.0. The number of pyridine rings is 1. The summed E-state index contributed by atoms with van der Waals surface area (Å²) >= 11 is 1.39. The molecule has 51 heavy (non-hydrogen) atoms. The van der Waals surface area contributed by atoms with Gasteiger partial charge in [-0.3, -0.25) is 14.3 Å². The van der Waals surface area contributed by atoms with E-state index in [1.54, 1.807) is 23.9 Å². The summed E-state index contributed by atoms with van der Waals surface area (Å²) in [5, 5.41) is 11.1. The molecule has 2 amide bonds. The number of carbonyl (C=O) groups is 2. The molecule has 2 aliphatic heterocycles. The number of thiophene rings is 1. The summed E-state index contributed by atoms with van der Waals surface area (Å²) in [6, 6.07) is 12.8. The third kappa shape index (κ3) is 6.08. The molecule has 0 aliphatic carbocycles. The molecule has 5 heterocycles. The average Bonchev–Trinajstić information content (AvgIpc) is 3.79. The Morgan fingerprint density at radius 1 is 1.12 bits per heavy atom. The molecule has 2 aromatic carbocycles. The van der Waals surface area contributed by atoms with Crippen molar-refractivity contribution in [2.24, 2.45) is 0 Å². The predicted octanol–water partition coefficient (Wildman–Crippen LogP) is 5.91. The predicted molar refractivity (Wildman–Crippen MR) is 191 cm³/mol. The molecule has 7 rings (SSSR count). The Hall–Kier alpha value is -4.98. The smallest absolute Gasteiger partial charge is 0.246 e. The highest BCUT2D eigenvalue weighted by atomic mass is 32.1. The van der Waals surface area contributed by atoms with Crippen LogP contribution in [0.2, 0.25) is 0 Å². The van der Waals surface area contributed by atoms with E-state index in [1.807, 2.05) is 53.4 Å². The van der Waals surface area contributed by atoms with Gasteiger partial charge in [0.15, 0.2) is 0 Å². The van der Waals surface area contributed by atoms with Gasteiger partial charge in [0.05, 0.1) is 48.1 Å². The lowest BCUT2D eigenvalue weighted by atomic mass is 9.80. The maximum Gasteiger partial charge on any atom is 0.246 e. The van der Waals surface area contributed by atoms with E-state index in [0.717, 1.165) is 34.3 Å². The normalized spacial score (nSPS) is 18.3. The fourth-order valence-corrected chi connectivity index (χ4v) is 8.17. The van der Waals surface area contributed by atoms with Gasteiger partial charge in [-0.1, -0.05) is 30.8 Å². The number of aromatic nitrogens is 3. The molecular formula is C38H38F2N6O4S. The lowest BCUT2D eigenvalue weighted by Crippen LogP contribution is -2.50. The molecule has 10 nitrogen and oxygen atoms in total. The number of nitrogens with zero attached hydrogens (tertiary/aromatic N) is 5. The number of halogens is 2. The van der Waals surface area contributed by atoms with Crippen molar-refractivity contribution in [1.82, 2.24) is 29.9 Å². The van der Waals surface area contributed by atoms with Crippen LogP contribution in [0.1, 0.15) is 41.4 Å². The summed E-state index contributed by atoms with van der Waals surface area (Å²) in [6.07, 6.45) is 1.30. The molecule has 264 valence electrons. The van der Waals surface area contributed by atoms with E-state index in [9.17, 15) is 14.0 Å². The Balaban J connectivity index is 1.53. The molecule has 1 N–H and O–H groups in total. The van der Waals surface area contributed by atoms with Gasteiger partial charge in [0, 0.05) is 62.1 Å². The van der Waals surface area contributed by atoms with Crippen molar-refractivity contribution in [2.45, 2.75) is 38.0 Å². The van der Waals surface area contributed by atoms with Crippen LogP contribution in [0, 0.1) is 11.6 Å². The maximum atomic E-state index is 16.3. The van der Waals surface area contributed by atoms with Crippen molar-refractivity contribution in [1.29, 1.82) is 0 Å². The summed E-state index contributed by atoms with van der Waals surface area (Å²) < 4.78 is 44.7. The zero-order valence-electron chi connectivity index (χ0n) is 28.8. The van der Waals surface area contributed by atoms with Gasteiger partial charge in [0.2, 0.25) is 11.8 Å². The van der Waals surface area contributed by atoms with E-state index in [2.05, 4.69) is 11.9 Å². The Kier molecular flexibility index (Phi) is 9.44. The number of methoxy groups -OCH3 is 1. The van der Waals surface area contributed by atoms with Crippen LogP contribution < -0.4 is 10.1 Å². The molecule has 2 aliphatic rings. The first-order valence-corrected chi connectivity index (χ1v) is 17.6. The number of hydrogen-bond donors (Lipinski definition) is 1. The van der Waals surface area contributed by atoms with Crippen molar-refractivity contribution in [2.75, 3.05) is 41.0 Å². The third-order valence-corrected chi connectivity index (χ3v) is 10.6. The minimum atomic E-state index is -0.821. The highest BCUT2D eigenvalue weighted by Gasteiger charge is 2.40. The fourth-order valence-electron chi connectivity index (χ4n) is 7.21. The average molecular weight is 713 g/mol. The van der Waals surface area contributed by atoms with Gasteiger partial charge in [-0.25, -0.2) is 13.8 Å². The number of rotatable bonds is 9. The van der Waals surface area contributed by atoms with Gasteiger partial charge in [-0.15, -0.1) is 11.3 Å². The van der Waals surface area contributed by atoms with Gasteiger partial charge in [-0.05, 0) is 41.6 Å². The zero-order valence-corrected chi connectivity index (χ0v) is 29.6. The summed E-state index contributed by atoms with van der Waals surface area (Å²) in [7, 11) is 4.97. The van der Waals surface area contributed by atoms with Crippen LogP contribution in [0.5, 0.6) is 5.75 Å². The van der Waals surface area contributed by atoms with Crippen molar-refractivity contribution in [3.8, 4) is 28.3 Å². The molecule has 0 spiro atoms. The van der Waals surface area contributed by atoms with E-state index in [1.165, 1.54) is 24.5 Å². The van der Waals surface area contributed by atoms with Gasteiger partial charge in [0.25, 0.3) is 0 Å². The summed E-state index contributed by atoms with van der Waals surface area (Å²) in [5.41, 5.74) is 4.61. The molecule has 0 bridgehead atoms. The SMILES string of the molecule is C=CC(=O)N1CCn2nc(-c3nc([C@@H]4c5ccccc5CN[C@H]4C(=O)N(C)C)c4ccsc4c3-c3c(F)cc(F)cc3OCCOC)cc2[C@H]1C. The van der Waals surface area contributed by atoms with Crippen LogP contribution in [0.4, 0.5) is 8.78 Å². The van der Waals surface area contributed by atoms with E-state index in [-0.39, 0.29) is 42.4 Å². The van der Waals surface area contributed by atoms with Crippen LogP contribution in [0.3, 0.4) is 0 Å². The Bertz CT molecular complexity index is 2160. The molecule has 0 fully saturated rings. The summed E-state index contributed by atoms with van der Waals surface area (Å²) in [5.74, 6) is -2.42. The maximum absolute atomic E-state index is 16.3. The first kappa shape index (κ1) is 34.5. The van der Waals surface area contributed by atoms with E-state index >= 15 is 4.39 Å². The monoisotopic (exact) mass is 712 g/mol. The lowest BCUT2D eigenvalue weighted by Gasteiger charge is -2.35. The minimum absolute atomic E-state index is 0.000450. The van der Waals surface area contributed by atoms with Crippen molar-refractivity contribution in [3.63, 3.8) is 0 Å². The number of ether oxygens (including phenoxy) is 2. The largest absolute Gasteiger partial charge is 0.490 e. The first-order valence-electron chi connectivity index (χ1n) is 16.7. The molecule has 5 aromatic rings. The second-order valence-corrected chi connectivity index (χ2v) is 13.8. The van der Waals surface area contributed by atoms with Crippen LogP contribution in [-0.4, -0.2) is 83.4 Å². The van der Waals surface area contributed by atoms with E-state index in [0.29, 0.717) is 47.0 Å². The number of benzene rings is 2. The number of nitrogens with one attached hydrogen (secondary N) is 1. The first-order chi connectivity index (χ1) is 24.6. The van der Waals surface area contributed by atoms with Gasteiger partial charge < -0.3 is 24.6 Å². The highest BCUT2D eigenvalue weighted by Crippen LogP contribution is 2.48. The second-order valence-electron chi connectivity index (χ2n) is 12.8. The van der Waals surface area contributed by atoms with E-state index < -0.39 is 23.6 Å². The van der Waals surface area contributed by atoms with Crippen molar-refractivity contribution < 1.29 is 27.8 Å². The fraction of sp³-hybridized carbons (Fsp3) is 0.316. The van der Waals surface area contributed by atoms with Gasteiger partial charge in [0.1, 0.15) is 35.4 Å². The topological polar surface area (TPSA) is 102 Å². The van der Waals surface area contributed by atoms with Crippen LogP contribution >= 0.6 is 11.3 Å². The standard InChI is InChI=1S/C38H38F2N6O4S/c1-6-30(47)45-12-13-46-28(21(45)2)19-27(43-46)35-33(32-26(40)17-23(39)18-29(32)50-15-14-49-5)37-25(11-16-51-37)34(42-35)31-24-10-8-7-9-22(24)20-41-36(31)38(48)44(3)4/h6-11,16-19,21,31,36,41H,1,12-15,20H2,2-5H3/t21-,31+,36-/m1/s1. The van der Waals surface area contributed by atoms with Crippen LogP contribution in [0.15, 0.2) is 66.6 Å². The Labute approximate surface area is 298 Å². The number of amides is 2. The van der Waals surface area contributed by atoms with Gasteiger partial charge in [-0.2, -0.15) is 5.10 Å². The van der Waals surface area contributed by atoms with Gasteiger partial charge >= 0.3 is 0 Å². The van der Waals surface area contributed by atoms with Crippen molar-refractivity contribution in [3.05, 3.63) is 101 Å². The molecule has 3 aromatic heterocycles. The minimum Gasteiger partial charge on any atom is -0.490 e. The number of carbonyl (C=O) groups excluding carboxylic acids is 2. The van der Waals surface area contributed by atoms with E-state index in [4.69, 9.17) is 19.6 Å². The zero-order chi connectivity index (χ0) is 36.0. The highest BCUT2D eigenvalue weighted by molar-refractivity contribution is 7.17. The van der Waals surface area contributed by atoms with Crippen molar-refractivity contribution >= 4 is 33.2 Å². The number of likely N-dealkylation sites (N-methyl/N-ethyl adjacent to an activating group) is 1. The quantitative estimate of drug-likeness (QED) is 0.150. The molecule has 13 heteroatoms. The number of fused-ring (bicyclic) bond motifs is 3. The molecule has 3 atom stereocenters.